The quantitative estimate of drug-likeness (QED) is 0.784. The first-order valence-electron chi connectivity index (χ1n) is 7.88. The minimum atomic E-state index is 0.575. The van der Waals surface area contributed by atoms with Crippen molar-refractivity contribution in [2.45, 2.75) is 60.0 Å². The minimum Gasteiger partial charge on any atom is -0.357 e. The van der Waals surface area contributed by atoms with Gasteiger partial charge in [0.1, 0.15) is 5.82 Å². The van der Waals surface area contributed by atoms with Gasteiger partial charge in [0.2, 0.25) is 0 Å². The summed E-state index contributed by atoms with van der Waals surface area (Å²) < 4.78 is 0. The fourth-order valence-corrected chi connectivity index (χ4v) is 2.61. The molecule has 1 N–H and O–H groups in total. The number of nitrogens with zero attached hydrogens (tertiary/aromatic N) is 2. The Morgan fingerprint density at radius 1 is 1.25 bits per heavy atom. The molecular formula is C17H31N3. The monoisotopic (exact) mass is 277 g/mol. The zero-order chi connectivity index (χ0) is 15.1. The van der Waals surface area contributed by atoms with Crippen molar-refractivity contribution in [3.8, 4) is 0 Å². The Balaban J connectivity index is 2.72. The molecule has 0 amide bonds. The van der Waals surface area contributed by atoms with Crippen LogP contribution in [0.15, 0.2) is 12.3 Å². The smallest absolute Gasteiger partial charge is 0.131 e. The lowest BCUT2D eigenvalue weighted by Crippen LogP contribution is -2.31. The second kappa shape index (κ2) is 8.25. The summed E-state index contributed by atoms with van der Waals surface area (Å²) in [4.78, 5) is 7.00. The van der Waals surface area contributed by atoms with E-state index in [9.17, 15) is 0 Å². The van der Waals surface area contributed by atoms with Gasteiger partial charge in [-0.15, -0.1) is 0 Å². The van der Waals surface area contributed by atoms with Gasteiger partial charge in [-0.3, -0.25) is 0 Å². The summed E-state index contributed by atoms with van der Waals surface area (Å²) >= 11 is 0. The maximum atomic E-state index is 4.68. The lowest BCUT2D eigenvalue weighted by Gasteiger charge is -2.28. The van der Waals surface area contributed by atoms with Gasteiger partial charge in [0.15, 0.2) is 0 Å². The molecule has 3 nitrogen and oxygen atoms in total. The Morgan fingerprint density at radius 2 is 1.90 bits per heavy atom. The molecule has 0 saturated heterocycles. The van der Waals surface area contributed by atoms with Gasteiger partial charge in [-0.1, -0.05) is 27.7 Å². The number of aryl methyl sites for hydroxylation is 1. The Labute approximate surface area is 124 Å². The number of rotatable bonds is 8. The number of anilines is 1. The molecule has 20 heavy (non-hydrogen) atoms. The van der Waals surface area contributed by atoms with Gasteiger partial charge in [-0.25, -0.2) is 4.98 Å². The average Bonchev–Trinajstić information content (AvgIpc) is 2.39. The Bertz CT molecular complexity index is 397. The normalized spacial score (nSPS) is 11.4. The molecule has 0 atom stereocenters. The number of aromatic nitrogens is 1. The number of pyridine rings is 1. The first-order chi connectivity index (χ1) is 9.49. The zero-order valence-corrected chi connectivity index (χ0v) is 14.0. The summed E-state index contributed by atoms with van der Waals surface area (Å²) in [6.07, 6.45) is 4.33. The average molecular weight is 277 g/mol. The summed E-state index contributed by atoms with van der Waals surface area (Å²) in [5, 5.41) is 3.47. The van der Waals surface area contributed by atoms with Crippen molar-refractivity contribution in [2.75, 3.05) is 18.5 Å². The second-order valence-electron chi connectivity index (χ2n) is 6.09. The van der Waals surface area contributed by atoms with Crippen molar-refractivity contribution < 1.29 is 0 Å². The summed E-state index contributed by atoms with van der Waals surface area (Å²) in [6, 6.07) is 2.83. The van der Waals surface area contributed by atoms with Gasteiger partial charge >= 0.3 is 0 Å². The molecule has 0 radical (unpaired) electrons. The van der Waals surface area contributed by atoms with Gasteiger partial charge in [0.05, 0.1) is 0 Å². The molecule has 0 aliphatic rings. The maximum Gasteiger partial charge on any atom is 0.131 e. The van der Waals surface area contributed by atoms with E-state index in [0.29, 0.717) is 12.0 Å². The fourth-order valence-electron chi connectivity index (χ4n) is 2.61. The van der Waals surface area contributed by atoms with Crippen LogP contribution in [0.1, 0.15) is 51.7 Å². The summed E-state index contributed by atoms with van der Waals surface area (Å²) in [6.45, 7) is 13.0. The molecular weight excluding hydrogens is 246 g/mol. The van der Waals surface area contributed by atoms with Crippen molar-refractivity contribution in [1.82, 2.24) is 10.3 Å². The van der Waals surface area contributed by atoms with E-state index < -0.39 is 0 Å². The van der Waals surface area contributed by atoms with Crippen LogP contribution in [0.5, 0.6) is 0 Å². The lowest BCUT2D eigenvalue weighted by atomic mass is 10.1. The third kappa shape index (κ3) is 4.78. The predicted molar refractivity (Wildman–Crippen MR) is 88.3 cm³/mol. The highest BCUT2D eigenvalue weighted by molar-refractivity contribution is 5.47. The molecule has 0 fully saturated rings. The third-order valence-electron chi connectivity index (χ3n) is 3.81. The van der Waals surface area contributed by atoms with E-state index in [4.69, 9.17) is 0 Å². The third-order valence-corrected chi connectivity index (χ3v) is 3.81. The van der Waals surface area contributed by atoms with Crippen molar-refractivity contribution >= 4 is 5.82 Å². The highest BCUT2D eigenvalue weighted by Crippen LogP contribution is 2.21. The SMILES string of the molecule is CCC(CC)N(C)c1ncc(CNCC(C)C)cc1C. The second-order valence-corrected chi connectivity index (χ2v) is 6.09. The molecule has 0 saturated carbocycles. The van der Waals surface area contributed by atoms with Crippen LogP contribution in [0.25, 0.3) is 0 Å². The van der Waals surface area contributed by atoms with Crippen molar-refractivity contribution in [1.29, 1.82) is 0 Å². The van der Waals surface area contributed by atoms with Crippen LogP contribution in [-0.4, -0.2) is 24.6 Å². The van der Waals surface area contributed by atoms with Crippen LogP contribution in [0.4, 0.5) is 5.82 Å². The van der Waals surface area contributed by atoms with Gasteiger partial charge in [0.25, 0.3) is 0 Å². The van der Waals surface area contributed by atoms with Gasteiger partial charge < -0.3 is 10.2 Å². The maximum absolute atomic E-state index is 4.68. The topological polar surface area (TPSA) is 28.2 Å². The van der Waals surface area contributed by atoms with Gasteiger partial charge in [-0.2, -0.15) is 0 Å². The highest BCUT2D eigenvalue weighted by atomic mass is 15.2. The van der Waals surface area contributed by atoms with Crippen LogP contribution in [0, 0.1) is 12.8 Å². The van der Waals surface area contributed by atoms with Gasteiger partial charge in [-0.05, 0) is 49.4 Å². The van der Waals surface area contributed by atoms with E-state index in [1.807, 2.05) is 6.20 Å². The number of hydrogen-bond acceptors (Lipinski definition) is 3. The molecule has 1 heterocycles. The molecule has 0 unspecified atom stereocenters. The van der Waals surface area contributed by atoms with Crippen LogP contribution >= 0.6 is 0 Å². The van der Waals surface area contributed by atoms with Crippen molar-refractivity contribution in [3.63, 3.8) is 0 Å². The van der Waals surface area contributed by atoms with Crippen molar-refractivity contribution in [2.24, 2.45) is 5.92 Å². The number of hydrogen-bond donors (Lipinski definition) is 1. The van der Waals surface area contributed by atoms with Crippen LogP contribution < -0.4 is 10.2 Å². The molecule has 0 aliphatic heterocycles. The van der Waals surface area contributed by atoms with E-state index in [1.165, 1.54) is 11.1 Å². The first kappa shape index (κ1) is 17.0. The van der Waals surface area contributed by atoms with Crippen LogP contribution in [-0.2, 0) is 6.54 Å². The summed E-state index contributed by atoms with van der Waals surface area (Å²) in [5.74, 6) is 1.80. The Morgan fingerprint density at radius 3 is 2.40 bits per heavy atom. The zero-order valence-electron chi connectivity index (χ0n) is 14.0. The molecule has 0 aromatic carbocycles. The summed E-state index contributed by atoms with van der Waals surface area (Å²) in [5.41, 5.74) is 2.54. The Hall–Kier alpha value is -1.09. The predicted octanol–water partition coefficient (Wildman–Crippen LogP) is 3.76. The van der Waals surface area contributed by atoms with E-state index in [1.54, 1.807) is 0 Å². The largest absolute Gasteiger partial charge is 0.357 e. The fraction of sp³-hybridized carbons (Fsp3) is 0.706. The molecule has 114 valence electrons. The summed E-state index contributed by atoms with van der Waals surface area (Å²) in [7, 11) is 2.16. The highest BCUT2D eigenvalue weighted by Gasteiger charge is 2.14. The minimum absolute atomic E-state index is 0.575. The number of nitrogens with one attached hydrogen (secondary N) is 1. The molecule has 3 heteroatoms. The molecule has 1 aromatic rings. The molecule has 1 aromatic heterocycles. The van der Waals surface area contributed by atoms with Crippen LogP contribution in [0.2, 0.25) is 0 Å². The molecule has 0 aliphatic carbocycles. The van der Waals surface area contributed by atoms with E-state index in [0.717, 1.165) is 31.7 Å². The molecule has 1 rings (SSSR count). The Kier molecular flexibility index (Phi) is 7.00. The van der Waals surface area contributed by atoms with Crippen LogP contribution in [0.3, 0.4) is 0 Å². The molecule has 0 bridgehead atoms. The van der Waals surface area contributed by atoms with E-state index >= 15 is 0 Å². The van der Waals surface area contributed by atoms with E-state index in [-0.39, 0.29) is 0 Å². The first-order valence-corrected chi connectivity index (χ1v) is 7.88. The molecule has 0 spiro atoms. The standard InChI is InChI=1S/C17H31N3/c1-7-16(8-2)20(6)17-14(5)9-15(12-19-17)11-18-10-13(3)4/h9,12-13,16,18H,7-8,10-11H2,1-6H3. The van der Waals surface area contributed by atoms with Gasteiger partial charge in [0, 0.05) is 25.8 Å². The lowest BCUT2D eigenvalue weighted by molar-refractivity contribution is 0.551. The van der Waals surface area contributed by atoms with Crippen molar-refractivity contribution in [3.05, 3.63) is 23.4 Å². The van der Waals surface area contributed by atoms with E-state index in [2.05, 4.69) is 62.9 Å².